The summed E-state index contributed by atoms with van der Waals surface area (Å²) < 4.78 is 6.03. The van der Waals surface area contributed by atoms with Crippen LogP contribution < -0.4 is 16.6 Å². The number of H-pyrrole nitrogens is 1. The number of aryl methyl sites for hydroxylation is 1. The van der Waals surface area contributed by atoms with Crippen LogP contribution in [0, 0.1) is 6.92 Å². The molecule has 0 aliphatic heterocycles. The summed E-state index contributed by atoms with van der Waals surface area (Å²) in [7, 11) is 0. The van der Waals surface area contributed by atoms with Gasteiger partial charge < -0.3 is 14.7 Å². The molecule has 0 aliphatic carbocycles. The van der Waals surface area contributed by atoms with E-state index in [-0.39, 0.29) is 12.1 Å². The molecule has 122 valence electrons. The van der Waals surface area contributed by atoms with Gasteiger partial charge in [-0.2, -0.15) is 0 Å². The molecule has 0 radical (unpaired) electrons. The molecule has 8 heteroatoms. The largest absolute Gasteiger partial charge is 0.467 e. The monoisotopic (exact) mass is 326 g/mol. The number of nitrogens with zero attached hydrogens (tertiary/aromatic N) is 2. The number of pyridine rings is 1. The van der Waals surface area contributed by atoms with Crippen LogP contribution in [0.4, 0.5) is 5.82 Å². The van der Waals surface area contributed by atoms with Crippen molar-refractivity contribution in [1.29, 1.82) is 0 Å². The third kappa shape index (κ3) is 3.17. The number of furan rings is 1. The second-order valence-electron chi connectivity index (χ2n) is 5.15. The maximum Gasteiger partial charge on any atom is 0.328 e. The van der Waals surface area contributed by atoms with Crippen LogP contribution in [0.5, 0.6) is 0 Å². The minimum atomic E-state index is -0.708. The van der Waals surface area contributed by atoms with Gasteiger partial charge in [0.15, 0.2) is 0 Å². The van der Waals surface area contributed by atoms with E-state index in [4.69, 9.17) is 4.42 Å². The van der Waals surface area contributed by atoms with E-state index in [1.807, 2.05) is 6.92 Å². The topological polar surface area (TPSA) is 110 Å². The molecule has 1 amide bonds. The first kappa shape index (κ1) is 15.5. The molecule has 3 aromatic heterocycles. The van der Waals surface area contributed by atoms with Gasteiger partial charge >= 0.3 is 5.69 Å². The number of hydrogen-bond acceptors (Lipinski definition) is 5. The van der Waals surface area contributed by atoms with Crippen LogP contribution in [0.2, 0.25) is 0 Å². The zero-order valence-corrected chi connectivity index (χ0v) is 12.8. The molecule has 24 heavy (non-hydrogen) atoms. The summed E-state index contributed by atoms with van der Waals surface area (Å²) in [6.07, 6.45) is 4.08. The van der Waals surface area contributed by atoms with Gasteiger partial charge in [-0.3, -0.25) is 14.2 Å². The molecule has 0 aromatic carbocycles. The first-order valence-electron chi connectivity index (χ1n) is 7.13. The number of aromatic nitrogens is 3. The Morgan fingerprint density at radius 2 is 2.21 bits per heavy atom. The van der Waals surface area contributed by atoms with Crippen molar-refractivity contribution >= 4 is 11.7 Å². The number of aromatic amines is 1. The molecular weight excluding hydrogens is 312 g/mol. The van der Waals surface area contributed by atoms with Crippen molar-refractivity contribution in [3.63, 3.8) is 0 Å². The molecule has 0 spiro atoms. The lowest BCUT2D eigenvalue weighted by molar-refractivity contribution is 0.102. The molecule has 3 aromatic rings. The normalized spacial score (nSPS) is 10.5. The number of carbonyl (C=O) groups is 1. The van der Waals surface area contributed by atoms with E-state index in [1.54, 1.807) is 30.5 Å². The van der Waals surface area contributed by atoms with Crippen molar-refractivity contribution in [2.75, 3.05) is 5.32 Å². The molecule has 3 rings (SSSR count). The lowest BCUT2D eigenvalue weighted by Crippen LogP contribution is -2.39. The zero-order valence-electron chi connectivity index (χ0n) is 12.8. The Morgan fingerprint density at radius 3 is 2.92 bits per heavy atom. The fourth-order valence-corrected chi connectivity index (χ4v) is 2.16. The standard InChI is InChI=1S/C16H14N4O4/c1-10-4-5-17-13(7-10)19-14(21)12-8-18-16(23)20(15(12)22)9-11-3-2-6-24-11/h2-8H,9H2,1H3,(H,18,23)(H,17,19,21). The molecule has 0 saturated heterocycles. The molecule has 0 fully saturated rings. The van der Waals surface area contributed by atoms with Crippen molar-refractivity contribution in [1.82, 2.24) is 14.5 Å². The molecule has 0 saturated carbocycles. The van der Waals surface area contributed by atoms with E-state index in [0.717, 1.165) is 16.3 Å². The summed E-state index contributed by atoms with van der Waals surface area (Å²) in [4.78, 5) is 43.0. The maximum atomic E-state index is 12.4. The summed E-state index contributed by atoms with van der Waals surface area (Å²) in [5.41, 5.74) is -0.608. The minimum Gasteiger partial charge on any atom is -0.467 e. The van der Waals surface area contributed by atoms with Gasteiger partial charge in [0, 0.05) is 12.4 Å². The number of hydrogen-bond donors (Lipinski definition) is 2. The highest BCUT2D eigenvalue weighted by molar-refractivity contribution is 6.03. The molecule has 0 atom stereocenters. The summed E-state index contributed by atoms with van der Waals surface area (Å²) in [5, 5.41) is 2.54. The lowest BCUT2D eigenvalue weighted by Gasteiger charge is -2.07. The summed E-state index contributed by atoms with van der Waals surface area (Å²) >= 11 is 0. The molecular formula is C16H14N4O4. The second kappa shape index (κ2) is 6.37. The molecule has 0 unspecified atom stereocenters. The SMILES string of the molecule is Cc1ccnc(NC(=O)c2c[nH]c(=O)n(Cc3ccco3)c2=O)c1. The predicted molar refractivity (Wildman–Crippen MR) is 86.1 cm³/mol. The Hall–Kier alpha value is -3.42. The molecule has 3 heterocycles. The predicted octanol–water partition coefficient (Wildman–Crippen LogP) is 1.13. The first-order valence-corrected chi connectivity index (χ1v) is 7.13. The highest BCUT2D eigenvalue weighted by Crippen LogP contribution is 2.06. The third-order valence-electron chi connectivity index (χ3n) is 3.36. The van der Waals surface area contributed by atoms with Crippen molar-refractivity contribution in [3.8, 4) is 0 Å². The van der Waals surface area contributed by atoms with E-state index in [9.17, 15) is 14.4 Å². The molecule has 0 bridgehead atoms. The zero-order chi connectivity index (χ0) is 17.1. The number of nitrogens with one attached hydrogen (secondary N) is 2. The summed E-state index contributed by atoms with van der Waals surface area (Å²) in [6.45, 7) is 1.79. The van der Waals surface area contributed by atoms with Crippen LogP contribution >= 0.6 is 0 Å². The number of rotatable bonds is 4. The molecule has 0 aliphatic rings. The maximum absolute atomic E-state index is 12.4. The Kier molecular flexibility index (Phi) is 4.11. The van der Waals surface area contributed by atoms with E-state index in [1.165, 1.54) is 6.26 Å². The summed E-state index contributed by atoms with van der Waals surface area (Å²) in [5.74, 6) is 0.103. The van der Waals surface area contributed by atoms with E-state index >= 15 is 0 Å². The number of carbonyl (C=O) groups excluding carboxylic acids is 1. The van der Waals surface area contributed by atoms with Crippen LogP contribution in [0.15, 0.2) is 56.9 Å². The highest BCUT2D eigenvalue weighted by Gasteiger charge is 2.16. The highest BCUT2D eigenvalue weighted by atomic mass is 16.3. The van der Waals surface area contributed by atoms with E-state index in [2.05, 4.69) is 15.3 Å². The molecule has 8 nitrogen and oxygen atoms in total. The van der Waals surface area contributed by atoms with Crippen LogP contribution in [0.25, 0.3) is 0 Å². The average Bonchev–Trinajstić information content (AvgIpc) is 3.04. The van der Waals surface area contributed by atoms with Gasteiger partial charge in [0.05, 0.1) is 12.8 Å². The lowest BCUT2D eigenvalue weighted by atomic mass is 10.2. The van der Waals surface area contributed by atoms with Crippen molar-refractivity contribution < 1.29 is 9.21 Å². The van der Waals surface area contributed by atoms with Gasteiger partial charge in [-0.1, -0.05) is 0 Å². The number of anilines is 1. The van der Waals surface area contributed by atoms with Gasteiger partial charge in [-0.25, -0.2) is 9.78 Å². The van der Waals surface area contributed by atoms with Crippen molar-refractivity contribution in [2.24, 2.45) is 0 Å². The van der Waals surface area contributed by atoms with Crippen LogP contribution in [0.3, 0.4) is 0 Å². The fraction of sp³-hybridized carbons (Fsp3) is 0.125. The number of amides is 1. The first-order chi connectivity index (χ1) is 11.5. The van der Waals surface area contributed by atoms with Gasteiger partial charge in [-0.05, 0) is 36.8 Å². The average molecular weight is 326 g/mol. The van der Waals surface area contributed by atoms with Crippen LogP contribution in [-0.2, 0) is 6.54 Å². The Balaban J connectivity index is 1.92. The van der Waals surface area contributed by atoms with E-state index in [0.29, 0.717) is 11.6 Å². The summed E-state index contributed by atoms with van der Waals surface area (Å²) in [6, 6.07) is 6.74. The Labute approximate surface area is 135 Å². The fourth-order valence-electron chi connectivity index (χ4n) is 2.16. The van der Waals surface area contributed by atoms with Gasteiger partial charge in [0.1, 0.15) is 17.1 Å². The van der Waals surface area contributed by atoms with E-state index < -0.39 is 17.2 Å². The van der Waals surface area contributed by atoms with Crippen molar-refractivity contribution in [2.45, 2.75) is 13.5 Å². The van der Waals surface area contributed by atoms with Crippen LogP contribution in [-0.4, -0.2) is 20.4 Å². The second-order valence-corrected chi connectivity index (χ2v) is 5.15. The Bertz CT molecular complexity index is 986. The Morgan fingerprint density at radius 1 is 1.38 bits per heavy atom. The third-order valence-corrected chi connectivity index (χ3v) is 3.36. The van der Waals surface area contributed by atoms with Crippen molar-refractivity contribution in [3.05, 3.63) is 80.6 Å². The van der Waals surface area contributed by atoms with Crippen LogP contribution in [0.1, 0.15) is 21.7 Å². The smallest absolute Gasteiger partial charge is 0.328 e. The molecule has 2 N–H and O–H groups in total. The van der Waals surface area contributed by atoms with Gasteiger partial charge in [-0.15, -0.1) is 0 Å². The van der Waals surface area contributed by atoms with Gasteiger partial charge in [0.25, 0.3) is 11.5 Å². The quantitative estimate of drug-likeness (QED) is 0.747. The minimum absolute atomic E-state index is 0.0645. The van der Waals surface area contributed by atoms with Gasteiger partial charge in [0.2, 0.25) is 0 Å².